The Bertz CT molecular complexity index is 932. The molecule has 3 aromatic rings. The lowest BCUT2D eigenvalue weighted by Gasteiger charge is -2.26. The summed E-state index contributed by atoms with van der Waals surface area (Å²) in [6.45, 7) is 2.88. The average molecular weight is 407 g/mol. The second kappa shape index (κ2) is 11.3. The molecule has 2 aromatic carbocycles. The molecule has 5 heteroatoms. The van der Waals surface area contributed by atoms with Crippen LogP contribution in [0.2, 0.25) is 0 Å². The molecule has 30 heavy (non-hydrogen) atoms. The first kappa shape index (κ1) is 21.8. The normalized spacial score (nSPS) is 12.1. The van der Waals surface area contributed by atoms with Crippen LogP contribution in [-0.2, 0) is 24.4 Å². The first-order chi connectivity index (χ1) is 14.6. The Morgan fingerprint density at radius 3 is 2.50 bits per heavy atom. The van der Waals surface area contributed by atoms with Gasteiger partial charge in [0, 0.05) is 38.1 Å². The van der Waals surface area contributed by atoms with Gasteiger partial charge in [0.2, 0.25) is 0 Å². The summed E-state index contributed by atoms with van der Waals surface area (Å²) >= 11 is 0. The molecule has 0 bridgehead atoms. The van der Waals surface area contributed by atoms with E-state index in [1.165, 1.54) is 17.7 Å². The van der Waals surface area contributed by atoms with Crippen LogP contribution >= 0.6 is 0 Å². The summed E-state index contributed by atoms with van der Waals surface area (Å²) in [5, 5.41) is 10.4. The molecule has 1 heterocycles. The van der Waals surface area contributed by atoms with Crippen LogP contribution in [0.3, 0.4) is 0 Å². The molecule has 4 nitrogen and oxygen atoms in total. The standard InChI is InChI=1S/C25H27FN2O2/c1-2-15-30-20-25(29)19-27(16-21-7-4-3-5-8-21)18-24-9-6-14-28(24)17-22-10-12-23(26)13-11-22/h1,3-14,25,29H,15-20H2/t25-/m0/s1. The van der Waals surface area contributed by atoms with Crippen molar-refractivity contribution in [3.8, 4) is 12.3 Å². The third-order valence-corrected chi connectivity index (χ3v) is 4.79. The number of benzene rings is 2. The number of hydrogen-bond donors (Lipinski definition) is 1. The van der Waals surface area contributed by atoms with E-state index in [1.807, 2.05) is 30.5 Å². The summed E-state index contributed by atoms with van der Waals surface area (Å²) in [6.07, 6.45) is 6.59. The van der Waals surface area contributed by atoms with Gasteiger partial charge in [-0.25, -0.2) is 4.39 Å². The molecule has 0 saturated heterocycles. The van der Waals surface area contributed by atoms with Gasteiger partial charge in [0.15, 0.2) is 0 Å². The largest absolute Gasteiger partial charge is 0.389 e. The topological polar surface area (TPSA) is 37.6 Å². The molecule has 1 atom stereocenters. The number of nitrogens with zero attached hydrogens (tertiary/aromatic N) is 2. The van der Waals surface area contributed by atoms with Gasteiger partial charge in [-0.15, -0.1) is 6.42 Å². The Balaban J connectivity index is 1.70. The Morgan fingerprint density at radius 1 is 1.00 bits per heavy atom. The number of ether oxygens (including phenoxy) is 1. The van der Waals surface area contributed by atoms with Crippen molar-refractivity contribution in [2.24, 2.45) is 0 Å². The lowest BCUT2D eigenvalue weighted by molar-refractivity contribution is 0.0239. The highest BCUT2D eigenvalue weighted by Crippen LogP contribution is 2.14. The SMILES string of the molecule is C#CCOC[C@@H](O)CN(Cc1ccccc1)Cc1cccn1Cc1ccc(F)cc1. The van der Waals surface area contributed by atoms with Crippen LogP contribution in [0.25, 0.3) is 0 Å². The number of aromatic nitrogens is 1. The van der Waals surface area contributed by atoms with Crippen molar-refractivity contribution in [1.82, 2.24) is 9.47 Å². The van der Waals surface area contributed by atoms with Gasteiger partial charge in [0.1, 0.15) is 12.4 Å². The minimum atomic E-state index is -0.637. The van der Waals surface area contributed by atoms with Gasteiger partial charge in [-0.1, -0.05) is 48.4 Å². The number of aliphatic hydroxyl groups excluding tert-OH is 1. The van der Waals surface area contributed by atoms with Crippen molar-refractivity contribution in [2.75, 3.05) is 19.8 Å². The van der Waals surface area contributed by atoms with E-state index in [1.54, 1.807) is 12.1 Å². The molecule has 0 spiro atoms. The predicted octanol–water partition coefficient (Wildman–Crippen LogP) is 3.69. The maximum atomic E-state index is 13.2. The van der Waals surface area contributed by atoms with Gasteiger partial charge in [-0.3, -0.25) is 4.90 Å². The smallest absolute Gasteiger partial charge is 0.123 e. The maximum Gasteiger partial charge on any atom is 0.123 e. The Kier molecular flexibility index (Phi) is 8.22. The maximum absolute atomic E-state index is 13.2. The Labute approximate surface area is 177 Å². The fraction of sp³-hybridized carbons (Fsp3) is 0.280. The van der Waals surface area contributed by atoms with Gasteiger partial charge < -0.3 is 14.4 Å². The molecule has 3 rings (SSSR count). The summed E-state index contributed by atoms with van der Waals surface area (Å²) in [5.41, 5.74) is 3.32. The third kappa shape index (κ3) is 6.85. The Morgan fingerprint density at radius 2 is 1.77 bits per heavy atom. The van der Waals surface area contributed by atoms with Crippen LogP contribution in [0.15, 0.2) is 72.9 Å². The van der Waals surface area contributed by atoms with Crippen molar-refractivity contribution in [3.05, 3.63) is 95.6 Å². The van der Waals surface area contributed by atoms with Gasteiger partial charge in [0.05, 0.1) is 12.7 Å². The van der Waals surface area contributed by atoms with Gasteiger partial charge >= 0.3 is 0 Å². The molecular weight excluding hydrogens is 379 g/mol. The zero-order valence-electron chi connectivity index (χ0n) is 17.0. The zero-order valence-corrected chi connectivity index (χ0v) is 17.0. The second-order valence-corrected chi connectivity index (χ2v) is 7.28. The molecule has 0 unspecified atom stereocenters. The number of terminal acetylenes is 1. The van der Waals surface area contributed by atoms with E-state index in [0.29, 0.717) is 26.2 Å². The molecule has 0 radical (unpaired) electrons. The summed E-state index contributed by atoms with van der Waals surface area (Å²) < 4.78 is 20.6. The Hall–Kier alpha value is -2.91. The fourth-order valence-corrected chi connectivity index (χ4v) is 3.39. The van der Waals surface area contributed by atoms with Gasteiger partial charge in [-0.05, 0) is 35.4 Å². The van der Waals surface area contributed by atoms with E-state index in [0.717, 1.165) is 11.3 Å². The van der Waals surface area contributed by atoms with Crippen LogP contribution in [0.5, 0.6) is 0 Å². The van der Waals surface area contributed by atoms with Crippen molar-refractivity contribution in [3.63, 3.8) is 0 Å². The summed E-state index contributed by atoms with van der Waals surface area (Å²) in [5.74, 6) is 2.18. The van der Waals surface area contributed by atoms with Crippen LogP contribution in [-0.4, -0.2) is 40.4 Å². The summed E-state index contributed by atoms with van der Waals surface area (Å²) in [7, 11) is 0. The van der Waals surface area contributed by atoms with E-state index in [9.17, 15) is 9.50 Å². The number of rotatable bonds is 11. The minimum Gasteiger partial charge on any atom is -0.389 e. The fourth-order valence-electron chi connectivity index (χ4n) is 3.39. The number of aliphatic hydroxyl groups is 1. The molecular formula is C25H27FN2O2. The molecule has 0 aliphatic carbocycles. The molecule has 0 amide bonds. The lowest BCUT2D eigenvalue weighted by Crippen LogP contribution is -2.35. The third-order valence-electron chi connectivity index (χ3n) is 4.79. The molecule has 156 valence electrons. The van der Waals surface area contributed by atoms with Crippen LogP contribution in [0.4, 0.5) is 4.39 Å². The minimum absolute atomic E-state index is 0.191. The molecule has 1 N–H and O–H groups in total. The highest BCUT2D eigenvalue weighted by atomic mass is 19.1. The predicted molar refractivity (Wildman–Crippen MR) is 116 cm³/mol. The van der Waals surface area contributed by atoms with E-state index in [2.05, 4.69) is 33.6 Å². The highest BCUT2D eigenvalue weighted by molar-refractivity contribution is 5.19. The molecule has 1 aromatic heterocycles. The zero-order chi connectivity index (χ0) is 21.2. The number of hydrogen-bond acceptors (Lipinski definition) is 3. The van der Waals surface area contributed by atoms with Gasteiger partial charge in [0.25, 0.3) is 0 Å². The van der Waals surface area contributed by atoms with Crippen LogP contribution in [0.1, 0.15) is 16.8 Å². The summed E-state index contributed by atoms with van der Waals surface area (Å²) in [6, 6.07) is 20.8. The number of halogens is 1. The van der Waals surface area contributed by atoms with E-state index < -0.39 is 6.10 Å². The van der Waals surface area contributed by atoms with Crippen molar-refractivity contribution >= 4 is 0 Å². The average Bonchev–Trinajstić information content (AvgIpc) is 3.17. The molecule has 0 fully saturated rings. The lowest BCUT2D eigenvalue weighted by atomic mass is 10.2. The van der Waals surface area contributed by atoms with Crippen molar-refractivity contribution in [1.29, 1.82) is 0 Å². The molecule has 0 aliphatic rings. The quantitative estimate of drug-likeness (QED) is 0.390. The highest BCUT2D eigenvalue weighted by Gasteiger charge is 2.15. The first-order valence-electron chi connectivity index (χ1n) is 9.98. The second-order valence-electron chi connectivity index (χ2n) is 7.28. The van der Waals surface area contributed by atoms with E-state index in [-0.39, 0.29) is 19.0 Å². The van der Waals surface area contributed by atoms with Crippen molar-refractivity contribution < 1.29 is 14.2 Å². The first-order valence-corrected chi connectivity index (χ1v) is 9.98. The van der Waals surface area contributed by atoms with E-state index in [4.69, 9.17) is 11.2 Å². The van der Waals surface area contributed by atoms with Crippen molar-refractivity contribution in [2.45, 2.75) is 25.7 Å². The van der Waals surface area contributed by atoms with Gasteiger partial charge in [-0.2, -0.15) is 0 Å². The summed E-state index contributed by atoms with van der Waals surface area (Å²) in [4.78, 5) is 2.19. The molecule has 0 aliphatic heterocycles. The monoisotopic (exact) mass is 406 g/mol. The van der Waals surface area contributed by atoms with E-state index >= 15 is 0 Å². The van der Waals surface area contributed by atoms with Crippen LogP contribution in [0, 0.1) is 18.2 Å². The van der Waals surface area contributed by atoms with Crippen LogP contribution < -0.4 is 0 Å². The molecule has 0 saturated carbocycles.